The Hall–Kier alpha value is -2.55. The van der Waals surface area contributed by atoms with E-state index in [1.165, 1.54) is 11.1 Å². The van der Waals surface area contributed by atoms with Gasteiger partial charge < -0.3 is 10.2 Å². The Kier molecular flexibility index (Phi) is 4.67. The number of aliphatic carboxylic acids is 1. The van der Waals surface area contributed by atoms with Crippen LogP contribution in [0.1, 0.15) is 62.8 Å². The molecule has 3 rings (SSSR count). The second kappa shape index (κ2) is 6.56. The molecule has 2 N–H and O–H groups in total. The van der Waals surface area contributed by atoms with E-state index >= 15 is 0 Å². The summed E-state index contributed by atoms with van der Waals surface area (Å²) in [6.45, 7) is 11.2. The average Bonchev–Trinajstić information content (AvgIpc) is 2.58. The van der Waals surface area contributed by atoms with Crippen LogP contribution >= 0.6 is 0 Å². The molecular weight excluding hydrogens is 336 g/mol. The molecule has 142 valence electrons. The molecule has 0 unspecified atom stereocenters. The van der Waals surface area contributed by atoms with Gasteiger partial charge >= 0.3 is 5.97 Å². The molecule has 0 aromatic heterocycles. The second-order valence-corrected chi connectivity index (χ2v) is 8.93. The summed E-state index contributed by atoms with van der Waals surface area (Å²) in [6, 6.07) is 9.70. The first kappa shape index (κ1) is 19.2. The van der Waals surface area contributed by atoms with Crippen molar-refractivity contribution in [3.63, 3.8) is 0 Å². The minimum Gasteiger partial charge on any atom is -0.507 e. The summed E-state index contributed by atoms with van der Waals surface area (Å²) < 4.78 is 0. The molecule has 0 fully saturated rings. The topological polar surface area (TPSA) is 57.5 Å². The Morgan fingerprint density at radius 2 is 1.56 bits per heavy atom. The van der Waals surface area contributed by atoms with Crippen molar-refractivity contribution in [2.24, 2.45) is 0 Å². The molecule has 0 heterocycles. The number of aromatic hydroxyl groups is 1. The normalized spacial score (nSPS) is 17.7. The largest absolute Gasteiger partial charge is 0.507 e. The number of hydrogen-bond donors (Lipinski definition) is 2. The Morgan fingerprint density at radius 3 is 2.15 bits per heavy atom. The van der Waals surface area contributed by atoms with Crippen LogP contribution in [0.3, 0.4) is 0 Å². The third-order valence-electron chi connectivity index (χ3n) is 5.93. The van der Waals surface area contributed by atoms with E-state index in [1.54, 1.807) is 18.2 Å². The zero-order chi connectivity index (χ0) is 20.0. The molecule has 0 atom stereocenters. The van der Waals surface area contributed by atoms with Crippen molar-refractivity contribution in [3.8, 4) is 16.9 Å². The summed E-state index contributed by atoms with van der Waals surface area (Å²) in [6.07, 6.45) is 4.95. The first-order valence-electron chi connectivity index (χ1n) is 9.41. The van der Waals surface area contributed by atoms with Crippen molar-refractivity contribution in [2.45, 2.75) is 58.3 Å². The Labute approximate surface area is 161 Å². The van der Waals surface area contributed by atoms with E-state index in [2.05, 4.69) is 46.8 Å². The van der Waals surface area contributed by atoms with E-state index in [0.29, 0.717) is 0 Å². The lowest BCUT2D eigenvalue weighted by Crippen LogP contribution is -2.34. The van der Waals surface area contributed by atoms with Crippen LogP contribution in [0.15, 0.2) is 36.4 Å². The third kappa shape index (κ3) is 3.64. The minimum absolute atomic E-state index is 0.0870. The van der Waals surface area contributed by atoms with Gasteiger partial charge in [-0.05, 0) is 82.7 Å². The monoisotopic (exact) mass is 364 g/mol. The van der Waals surface area contributed by atoms with E-state index in [0.717, 1.165) is 41.2 Å². The zero-order valence-corrected chi connectivity index (χ0v) is 16.8. The van der Waals surface area contributed by atoms with Crippen molar-refractivity contribution in [1.29, 1.82) is 0 Å². The van der Waals surface area contributed by atoms with E-state index in [4.69, 9.17) is 5.11 Å². The van der Waals surface area contributed by atoms with E-state index in [1.807, 2.05) is 6.07 Å². The Morgan fingerprint density at radius 1 is 0.963 bits per heavy atom. The van der Waals surface area contributed by atoms with Gasteiger partial charge in [-0.2, -0.15) is 0 Å². The molecule has 0 saturated carbocycles. The molecule has 3 heteroatoms. The van der Waals surface area contributed by atoms with Crippen LogP contribution in [0.5, 0.6) is 5.75 Å². The van der Waals surface area contributed by atoms with Crippen LogP contribution in [-0.2, 0) is 15.6 Å². The summed E-state index contributed by atoms with van der Waals surface area (Å²) in [5.41, 5.74) is 6.57. The maximum Gasteiger partial charge on any atom is 0.328 e. The summed E-state index contributed by atoms with van der Waals surface area (Å²) >= 11 is 0. The molecule has 27 heavy (non-hydrogen) atoms. The smallest absolute Gasteiger partial charge is 0.328 e. The highest BCUT2D eigenvalue weighted by molar-refractivity contribution is 5.86. The van der Waals surface area contributed by atoms with Gasteiger partial charge in [0.05, 0.1) is 0 Å². The lowest BCUT2D eigenvalue weighted by molar-refractivity contribution is -0.131. The summed E-state index contributed by atoms with van der Waals surface area (Å²) in [5, 5.41) is 19.3. The molecule has 1 aliphatic carbocycles. The van der Waals surface area contributed by atoms with E-state index < -0.39 is 5.97 Å². The molecular formula is C24H28O3. The zero-order valence-electron chi connectivity index (χ0n) is 16.8. The molecule has 0 spiro atoms. The fourth-order valence-electron chi connectivity index (χ4n) is 4.05. The number of carboxylic acid groups (broad SMARTS) is 1. The minimum atomic E-state index is -0.987. The lowest BCUT2D eigenvalue weighted by Gasteiger charge is -2.42. The average molecular weight is 364 g/mol. The van der Waals surface area contributed by atoms with E-state index in [-0.39, 0.29) is 16.6 Å². The third-order valence-corrected chi connectivity index (χ3v) is 5.93. The van der Waals surface area contributed by atoms with Gasteiger partial charge in [0.1, 0.15) is 5.75 Å². The Bertz CT molecular complexity index is 933. The van der Waals surface area contributed by atoms with Crippen LogP contribution in [0.25, 0.3) is 17.2 Å². The molecule has 1 aliphatic rings. The molecule has 2 aromatic rings. The highest BCUT2D eigenvalue weighted by atomic mass is 16.4. The number of phenolic OH excluding ortho intramolecular Hbond substituents is 1. The van der Waals surface area contributed by atoms with Crippen LogP contribution < -0.4 is 0 Å². The maximum absolute atomic E-state index is 10.8. The highest BCUT2D eigenvalue weighted by Gasteiger charge is 2.37. The molecule has 0 saturated heterocycles. The van der Waals surface area contributed by atoms with Crippen LogP contribution in [-0.4, -0.2) is 16.2 Å². The number of aryl methyl sites for hydroxylation is 1. The van der Waals surface area contributed by atoms with Gasteiger partial charge in [0.15, 0.2) is 0 Å². The number of carbonyl (C=O) groups is 1. The molecule has 0 aliphatic heterocycles. The van der Waals surface area contributed by atoms with Crippen LogP contribution in [0, 0.1) is 6.92 Å². The number of hydrogen-bond acceptors (Lipinski definition) is 2. The van der Waals surface area contributed by atoms with E-state index in [9.17, 15) is 9.90 Å². The maximum atomic E-state index is 10.8. The summed E-state index contributed by atoms with van der Waals surface area (Å²) in [5.74, 6) is -0.781. The molecule has 0 bridgehead atoms. The first-order valence-corrected chi connectivity index (χ1v) is 9.41. The number of rotatable bonds is 3. The quantitative estimate of drug-likeness (QED) is 0.675. The molecule has 0 radical (unpaired) electrons. The van der Waals surface area contributed by atoms with Crippen molar-refractivity contribution in [2.75, 3.05) is 0 Å². The van der Waals surface area contributed by atoms with Crippen LogP contribution in [0.4, 0.5) is 0 Å². The standard InChI is InChI=1S/C24H28O3/c1-15-12-19-20(24(4,5)11-10-23(19,2)3)14-17(15)18-13-16(6-8-21(18)25)7-9-22(26)27/h6-9,12-14,25H,10-11H2,1-5H3,(H,26,27)/b9-7+. The predicted molar refractivity (Wildman–Crippen MR) is 110 cm³/mol. The number of benzene rings is 2. The second-order valence-electron chi connectivity index (χ2n) is 8.93. The van der Waals surface area contributed by atoms with Crippen molar-refractivity contribution < 1.29 is 15.0 Å². The van der Waals surface area contributed by atoms with Crippen molar-refractivity contribution >= 4 is 12.0 Å². The van der Waals surface area contributed by atoms with Crippen molar-refractivity contribution in [3.05, 3.63) is 58.7 Å². The fraction of sp³-hybridized carbons (Fsp3) is 0.375. The molecule has 3 nitrogen and oxygen atoms in total. The van der Waals surface area contributed by atoms with Crippen molar-refractivity contribution in [1.82, 2.24) is 0 Å². The fourth-order valence-corrected chi connectivity index (χ4v) is 4.05. The molecule has 0 amide bonds. The van der Waals surface area contributed by atoms with Gasteiger partial charge in [-0.25, -0.2) is 4.79 Å². The number of carboxylic acids is 1. The number of phenols is 1. The summed E-state index contributed by atoms with van der Waals surface area (Å²) in [7, 11) is 0. The van der Waals surface area contributed by atoms with Gasteiger partial charge in [0, 0.05) is 11.6 Å². The number of fused-ring (bicyclic) bond motifs is 1. The van der Waals surface area contributed by atoms with Gasteiger partial charge in [0.25, 0.3) is 0 Å². The van der Waals surface area contributed by atoms with Gasteiger partial charge in [-0.3, -0.25) is 0 Å². The van der Waals surface area contributed by atoms with Gasteiger partial charge in [-0.15, -0.1) is 0 Å². The highest BCUT2D eigenvalue weighted by Crippen LogP contribution is 2.48. The molecule has 2 aromatic carbocycles. The summed E-state index contributed by atoms with van der Waals surface area (Å²) in [4.78, 5) is 10.8. The first-order chi connectivity index (χ1) is 12.5. The van der Waals surface area contributed by atoms with Gasteiger partial charge in [0.2, 0.25) is 0 Å². The Balaban J connectivity index is 2.19. The SMILES string of the molecule is Cc1cc2c(cc1-c1cc(/C=C/C(=O)O)ccc1O)C(C)(C)CCC2(C)C. The lowest BCUT2D eigenvalue weighted by atomic mass is 9.62. The predicted octanol–water partition coefficient (Wildman–Crippen LogP) is 5.81. The van der Waals surface area contributed by atoms with Gasteiger partial charge in [-0.1, -0.05) is 39.8 Å². The van der Waals surface area contributed by atoms with Crippen LogP contribution in [0.2, 0.25) is 0 Å².